The van der Waals surface area contributed by atoms with Crippen molar-refractivity contribution in [3.05, 3.63) is 12.2 Å². The Balaban J connectivity index is 1.59. The molecule has 5 aliphatic carbocycles. The van der Waals surface area contributed by atoms with Gasteiger partial charge in [-0.1, -0.05) is 26.0 Å². The normalized spacial score (nSPS) is 57.0. The number of ether oxygens (including phenoxy) is 6. The zero-order valence-electron chi connectivity index (χ0n) is 23.0. The van der Waals surface area contributed by atoms with Gasteiger partial charge in [0, 0.05) is 64.2 Å². The van der Waals surface area contributed by atoms with Crippen LogP contribution in [0.15, 0.2) is 12.2 Å². The number of fused-ring (bicyclic) bond motifs is 1. The van der Waals surface area contributed by atoms with E-state index in [1.165, 1.54) is 13.8 Å². The topological polar surface area (TPSA) is 113 Å². The van der Waals surface area contributed by atoms with Gasteiger partial charge in [-0.05, 0) is 13.0 Å². The minimum Gasteiger partial charge on any atom is -0.462 e. The van der Waals surface area contributed by atoms with Crippen molar-refractivity contribution in [1.29, 1.82) is 0 Å². The number of rotatable bonds is 5. The summed E-state index contributed by atoms with van der Waals surface area (Å²) >= 11 is 0. The van der Waals surface area contributed by atoms with Crippen molar-refractivity contribution in [1.82, 2.24) is 4.90 Å². The molecule has 10 heteroatoms. The zero-order chi connectivity index (χ0) is 27.0. The molecule has 2 aliphatic heterocycles. The van der Waals surface area contributed by atoms with E-state index in [1.54, 1.807) is 14.2 Å². The Morgan fingerprint density at radius 2 is 1.82 bits per heavy atom. The highest BCUT2D eigenvalue weighted by Crippen LogP contribution is 2.83. The fourth-order valence-electron chi connectivity index (χ4n) is 11.3. The third-order valence-electron chi connectivity index (χ3n) is 11.7. The number of aliphatic hydroxyl groups is 1. The molecule has 7 rings (SSSR count). The van der Waals surface area contributed by atoms with Crippen molar-refractivity contribution in [2.75, 3.05) is 34.1 Å². The zero-order valence-corrected chi connectivity index (χ0v) is 23.0. The lowest BCUT2D eigenvalue weighted by Gasteiger charge is -2.70. The predicted molar refractivity (Wildman–Crippen MR) is 131 cm³/mol. The van der Waals surface area contributed by atoms with Gasteiger partial charge in [0.2, 0.25) is 0 Å². The smallest absolute Gasteiger partial charge is 0.303 e. The molecule has 10 nitrogen and oxygen atoms in total. The average molecular weight is 534 g/mol. The van der Waals surface area contributed by atoms with E-state index >= 15 is 0 Å². The second-order valence-corrected chi connectivity index (χ2v) is 12.8. The Bertz CT molecular complexity index is 1110. The summed E-state index contributed by atoms with van der Waals surface area (Å²) in [5, 5.41) is 13.4. The first-order valence-corrected chi connectivity index (χ1v) is 13.9. The predicted octanol–water partition coefficient (Wildman–Crippen LogP) is 1.04. The first-order chi connectivity index (χ1) is 18.0. The molecule has 7 bridgehead atoms. The second kappa shape index (κ2) is 7.59. The molecule has 4 saturated carbocycles. The van der Waals surface area contributed by atoms with Gasteiger partial charge in [-0.2, -0.15) is 0 Å². The maximum Gasteiger partial charge on any atom is 0.303 e. The number of likely N-dealkylation sites (tertiary alicyclic amines) is 1. The molecule has 0 aromatic carbocycles. The van der Waals surface area contributed by atoms with Crippen LogP contribution in [0, 0.1) is 28.6 Å². The number of methoxy groups -OCH3 is 2. The molecule has 2 heterocycles. The van der Waals surface area contributed by atoms with Gasteiger partial charge in [0.05, 0.1) is 29.3 Å². The molecule has 0 radical (unpaired) electrons. The minimum absolute atomic E-state index is 0.0170. The first kappa shape index (κ1) is 25.4. The molecule has 0 amide bonds. The van der Waals surface area contributed by atoms with E-state index in [4.69, 9.17) is 28.4 Å². The number of esters is 2. The van der Waals surface area contributed by atoms with Crippen molar-refractivity contribution in [2.45, 2.75) is 87.8 Å². The van der Waals surface area contributed by atoms with Crippen molar-refractivity contribution >= 4 is 11.9 Å². The molecule has 210 valence electrons. The third kappa shape index (κ3) is 2.37. The molecule has 0 aromatic rings. The van der Waals surface area contributed by atoms with Crippen LogP contribution in [0.3, 0.4) is 0 Å². The van der Waals surface area contributed by atoms with Crippen LogP contribution in [0.1, 0.15) is 40.5 Å². The van der Waals surface area contributed by atoms with E-state index in [1.807, 2.05) is 0 Å². The summed E-state index contributed by atoms with van der Waals surface area (Å²) in [7, 11) is 3.32. The number of carbonyl (C=O) groups excluding carboxylic acids is 2. The van der Waals surface area contributed by atoms with Crippen LogP contribution in [0.2, 0.25) is 0 Å². The second-order valence-electron chi connectivity index (χ2n) is 12.8. The fraction of sp³-hybridized carbons (Fsp3) is 0.857. The lowest BCUT2D eigenvalue weighted by molar-refractivity contribution is -0.317. The van der Waals surface area contributed by atoms with E-state index < -0.39 is 69.9 Å². The van der Waals surface area contributed by atoms with Crippen LogP contribution in [0.25, 0.3) is 0 Å². The average Bonchev–Trinajstić information content (AvgIpc) is 3.41. The van der Waals surface area contributed by atoms with Crippen LogP contribution >= 0.6 is 0 Å². The van der Waals surface area contributed by atoms with Crippen molar-refractivity contribution in [3.8, 4) is 0 Å². The first-order valence-electron chi connectivity index (χ1n) is 13.9. The van der Waals surface area contributed by atoms with Gasteiger partial charge in [0.15, 0.2) is 5.60 Å². The number of hydrogen-bond acceptors (Lipinski definition) is 10. The Labute approximate surface area is 222 Å². The Kier molecular flexibility index (Phi) is 5.07. The van der Waals surface area contributed by atoms with E-state index in [-0.39, 0.29) is 24.7 Å². The number of piperidine rings is 1. The van der Waals surface area contributed by atoms with Crippen molar-refractivity contribution in [2.24, 2.45) is 28.6 Å². The van der Waals surface area contributed by atoms with Crippen LogP contribution < -0.4 is 0 Å². The van der Waals surface area contributed by atoms with Crippen molar-refractivity contribution < 1.29 is 43.1 Å². The van der Waals surface area contributed by atoms with Gasteiger partial charge in [0.1, 0.15) is 24.6 Å². The van der Waals surface area contributed by atoms with E-state index in [2.05, 4.69) is 30.9 Å². The number of hydrogen-bond donors (Lipinski definition) is 1. The quantitative estimate of drug-likeness (QED) is 0.406. The van der Waals surface area contributed by atoms with Gasteiger partial charge in [-0.25, -0.2) is 0 Å². The summed E-state index contributed by atoms with van der Waals surface area (Å²) in [6.45, 7) is 8.54. The number of likely N-dealkylation sites (N-methyl/N-ethyl adjacent to an activating group) is 1. The minimum atomic E-state index is -1.34. The Morgan fingerprint density at radius 3 is 2.45 bits per heavy atom. The lowest BCUT2D eigenvalue weighted by atomic mass is 9.42. The Morgan fingerprint density at radius 1 is 1.08 bits per heavy atom. The molecular formula is C28H39NO9. The molecule has 38 heavy (non-hydrogen) atoms. The highest BCUT2D eigenvalue weighted by Gasteiger charge is 2.97. The monoisotopic (exact) mass is 533 g/mol. The van der Waals surface area contributed by atoms with E-state index in [0.29, 0.717) is 19.4 Å². The van der Waals surface area contributed by atoms with E-state index in [0.717, 1.165) is 6.54 Å². The summed E-state index contributed by atoms with van der Waals surface area (Å²) in [5.74, 6) is -1.81. The highest BCUT2D eigenvalue weighted by atomic mass is 16.7. The fourth-order valence-corrected chi connectivity index (χ4v) is 11.3. The molecule has 3 spiro atoms. The largest absolute Gasteiger partial charge is 0.462 e. The maximum atomic E-state index is 13.4. The summed E-state index contributed by atoms with van der Waals surface area (Å²) in [6.07, 6.45) is 2.81. The molecule has 2 saturated heterocycles. The molecule has 0 unspecified atom stereocenters. The summed E-state index contributed by atoms with van der Waals surface area (Å²) < 4.78 is 38.2. The SMILES string of the molecule is CCN1C[C@]2(C)C=C[C@H](OC)[C@@]34[C@H]1[C@@]1(OCO[C@@]15C[C@H](OC(C)=O)[C@H]1C[C@]3(O)[C@@H]5[C@H]1OC)[C@@H](OC(C)=O)[C@@H]42. The van der Waals surface area contributed by atoms with Crippen LogP contribution in [0.5, 0.6) is 0 Å². The lowest BCUT2D eigenvalue weighted by Crippen LogP contribution is -2.85. The van der Waals surface area contributed by atoms with E-state index in [9.17, 15) is 14.7 Å². The molecule has 7 aliphatic rings. The molecule has 6 fully saturated rings. The van der Waals surface area contributed by atoms with Gasteiger partial charge in [-0.15, -0.1) is 0 Å². The molecule has 1 N–H and O–H groups in total. The number of carbonyl (C=O) groups is 2. The third-order valence-corrected chi connectivity index (χ3v) is 11.7. The summed E-state index contributed by atoms with van der Waals surface area (Å²) in [6, 6.07) is -0.367. The van der Waals surface area contributed by atoms with Crippen LogP contribution in [-0.4, -0.2) is 103 Å². The van der Waals surface area contributed by atoms with Crippen LogP contribution in [-0.2, 0) is 38.0 Å². The molecular weight excluding hydrogens is 494 g/mol. The highest BCUT2D eigenvalue weighted by molar-refractivity contribution is 5.67. The van der Waals surface area contributed by atoms with Crippen molar-refractivity contribution in [3.63, 3.8) is 0 Å². The van der Waals surface area contributed by atoms with Gasteiger partial charge in [-0.3, -0.25) is 14.5 Å². The van der Waals surface area contributed by atoms with Gasteiger partial charge in [0.25, 0.3) is 0 Å². The molecule has 0 aromatic heterocycles. The van der Waals surface area contributed by atoms with Gasteiger partial charge < -0.3 is 33.5 Å². The summed E-state index contributed by atoms with van der Waals surface area (Å²) in [4.78, 5) is 27.5. The standard InChI is InChI=1S/C28H39NO9/c1-7-29-12-24(4)9-8-18(33-5)27-21(24)22(38-15(3)31)28(23(27)29)26(35-13-36-28)11-17(37-14(2)30)16-10-25(27,32)20(26)19(16)34-6/h8-9,16-23,32H,7,10-13H2,1-6H3/t16-,17+,18+,19+,20+,21-,22+,23+,24+,25+,26-,27-,28+/m1/s1. The summed E-state index contributed by atoms with van der Waals surface area (Å²) in [5.41, 5.74) is -4.89. The molecule has 13 atom stereocenters. The van der Waals surface area contributed by atoms with Gasteiger partial charge >= 0.3 is 11.9 Å². The maximum absolute atomic E-state index is 13.4. The number of nitrogens with zero attached hydrogens (tertiary/aromatic N) is 1. The van der Waals surface area contributed by atoms with Crippen LogP contribution in [0.4, 0.5) is 0 Å². The Hall–Kier alpha value is -1.56.